The zero-order valence-corrected chi connectivity index (χ0v) is 17.1. The summed E-state index contributed by atoms with van der Waals surface area (Å²) >= 11 is 1.47. The number of ether oxygens (including phenoxy) is 1. The highest BCUT2D eigenvalue weighted by molar-refractivity contribution is 7.15. The van der Waals surface area contributed by atoms with Gasteiger partial charge in [-0.1, -0.05) is 13.8 Å². The van der Waals surface area contributed by atoms with Crippen molar-refractivity contribution in [3.05, 3.63) is 46.0 Å². The van der Waals surface area contributed by atoms with Gasteiger partial charge in [-0.2, -0.15) is 0 Å². The van der Waals surface area contributed by atoms with E-state index in [0.29, 0.717) is 34.7 Å². The fourth-order valence-corrected chi connectivity index (χ4v) is 3.24. The van der Waals surface area contributed by atoms with Gasteiger partial charge >= 0.3 is 0 Å². The van der Waals surface area contributed by atoms with E-state index < -0.39 is 0 Å². The second-order valence-electron chi connectivity index (χ2n) is 6.38. The van der Waals surface area contributed by atoms with Crippen LogP contribution in [0.1, 0.15) is 30.3 Å². The molecule has 0 atom stereocenters. The Morgan fingerprint density at radius 3 is 2.82 bits per heavy atom. The molecule has 8 nitrogen and oxygen atoms in total. The van der Waals surface area contributed by atoms with Gasteiger partial charge in [0.05, 0.1) is 17.3 Å². The normalized spacial score (nSPS) is 12.8. The minimum Gasteiger partial charge on any atom is -0.400 e. The Bertz CT molecular complexity index is 1030. The molecule has 28 heavy (non-hydrogen) atoms. The topological polar surface area (TPSA) is 113 Å². The number of hydrogen-bond donors (Lipinski definition) is 1. The molecule has 0 unspecified atom stereocenters. The molecule has 9 heteroatoms. The van der Waals surface area contributed by atoms with Crippen molar-refractivity contribution in [1.82, 2.24) is 20.2 Å². The van der Waals surface area contributed by atoms with E-state index in [1.807, 2.05) is 18.2 Å². The Kier molecular flexibility index (Phi) is 6.27. The van der Waals surface area contributed by atoms with Crippen molar-refractivity contribution in [2.75, 3.05) is 20.8 Å². The maximum absolute atomic E-state index is 6.13. The van der Waals surface area contributed by atoms with Gasteiger partial charge in [-0.15, -0.1) is 11.3 Å². The molecule has 3 rings (SSSR count). The second kappa shape index (κ2) is 8.85. The van der Waals surface area contributed by atoms with E-state index in [2.05, 4.69) is 44.3 Å². The highest BCUT2D eigenvalue weighted by Gasteiger charge is 2.08. The molecule has 0 aliphatic rings. The van der Waals surface area contributed by atoms with Crippen LogP contribution < -0.4 is 5.73 Å². The molecule has 0 amide bonds. The van der Waals surface area contributed by atoms with Crippen molar-refractivity contribution < 1.29 is 4.74 Å². The van der Waals surface area contributed by atoms with E-state index in [1.54, 1.807) is 26.6 Å². The van der Waals surface area contributed by atoms with Crippen LogP contribution in [0.5, 0.6) is 0 Å². The number of fused-ring (bicyclic) bond motifs is 1. The quantitative estimate of drug-likeness (QED) is 0.605. The maximum Gasteiger partial charge on any atom is 0.103 e. The van der Waals surface area contributed by atoms with Crippen molar-refractivity contribution in [1.29, 1.82) is 0 Å². The Hall–Kier alpha value is -2.91. The van der Waals surface area contributed by atoms with Crippen LogP contribution >= 0.6 is 11.3 Å². The van der Waals surface area contributed by atoms with Crippen LogP contribution in [0.15, 0.2) is 35.1 Å². The summed E-state index contributed by atoms with van der Waals surface area (Å²) in [5.41, 5.74) is 9.75. The molecule has 0 saturated heterocycles. The molecular weight excluding hydrogens is 374 g/mol. The van der Waals surface area contributed by atoms with Gasteiger partial charge in [0.2, 0.25) is 0 Å². The standard InChI is InChI=1S/C19H22N7OS/c1-11(2)18-25-26-19(28-18)24-17-6-5-15-16(23-17)7-12(8-22-15)13(9-21-3)14(20)10-27-4/h5-9,11H,10,20H2,1-4H3/q-1. The Morgan fingerprint density at radius 2 is 2.14 bits per heavy atom. The number of methoxy groups -OCH3 is 1. The number of pyridine rings is 2. The monoisotopic (exact) mass is 396 g/mol. The molecule has 0 bridgehead atoms. The van der Waals surface area contributed by atoms with Crippen LogP contribution in [0.4, 0.5) is 10.9 Å². The van der Waals surface area contributed by atoms with Gasteiger partial charge in [0.25, 0.3) is 0 Å². The maximum atomic E-state index is 6.13. The molecule has 3 heterocycles. The first kappa shape index (κ1) is 19.8. The van der Waals surface area contributed by atoms with E-state index in [1.165, 1.54) is 11.3 Å². The van der Waals surface area contributed by atoms with Crippen LogP contribution in [0.3, 0.4) is 0 Å². The van der Waals surface area contributed by atoms with Crippen LogP contribution in [0.2, 0.25) is 0 Å². The highest BCUT2D eigenvalue weighted by Crippen LogP contribution is 2.34. The van der Waals surface area contributed by atoms with Crippen LogP contribution in [-0.4, -0.2) is 47.1 Å². The third kappa shape index (κ3) is 4.49. The summed E-state index contributed by atoms with van der Waals surface area (Å²) in [5, 5.41) is 14.3. The molecule has 3 aromatic heterocycles. The van der Waals surface area contributed by atoms with E-state index in [-0.39, 0.29) is 0 Å². The van der Waals surface area contributed by atoms with E-state index >= 15 is 0 Å². The smallest absolute Gasteiger partial charge is 0.103 e. The van der Waals surface area contributed by atoms with Crippen LogP contribution in [0, 0.1) is 0 Å². The third-order valence-electron chi connectivity index (χ3n) is 3.87. The Morgan fingerprint density at radius 1 is 1.32 bits per heavy atom. The molecular formula is C19H22N7OS-. The summed E-state index contributed by atoms with van der Waals surface area (Å²) in [7, 11) is 3.29. The largest absolute Gasteiger partial charge is 0.400 e. The van der Waals surface area contributed by atoms with Crippen molar-refractivity contribution in [3.63, 3.8) is 0 Å². The number of allylic oxidation sites excluding steroid dienone is 1. The SMILES string of the molecule is CN=CC(=C(N)COC)c1cnc2ccc([N-]c3nnc(C(C)C)s3)nc2c1. The first-order valence-electron chi connectivity index (χ1n) is 8.74. The lowest BCUT2D eigenvalue weighted by molar-refractivity contribution is 0.225. The van der Waals surface area contributed by atoms with Crippen molar-refractivity contribution in [2.24, 2.45) is 10.7 Å². The molecule has 0 saturated carbocycles. The zero-order valence-electron chi connectivity index (χ0n) is 16.2. The van der Waals surface area contributed by atoms with E-state index in [4.69, 9.17) is 10.5 Å². The molecule has 0 aliphatic heterocycles. The molecule has 2 N–H and O–H groups in total. The minimum atomic E-state index is 0.303. The van der Waals surface area contributed by atoms with Gasteiger partial charge in [-0.25, -0.2) is 5.10 Å². The van der Waals surface area contributed by atoms with E-state index in [9.17, 15) is 0 Å². The van der Waals surface area contributed by atoms with Gasteiger partial charge in [0, 0.05) is 60.7 Å². The first-order chi connectivity index (χ1) is 13.5. The Balaban J connectivity index is 1.95. The number of rotatable bonds is 7. The summed E-state index contributed by atoms with van der Waals surface area (Å²) in [6.45, 7) is 4.45. The summed E-state index contributed by atoms with van der Waals surface area (Å²) < 4.78 is 5.14. The predicted octanol–water partition coefficient (Wildman–Crippen LogP) is 3.96. The fourth-order valence-electron chi connectivity index (χ4n) is 2.51. The van der Waals surface area contributed by atoms with Gasteiger partial charge in [-0.3, -0.25) is 15.1 Å². The molecule has 0 fully saturated rings. The van der Waals surface area contributed by atoms with Crippen molar-refractivity contribution >= 4 is 45.1 Å². The average molecular weight is 397 g/mol. The summed E-state index contributed by atoms with van der Waals surface area (Å²) in [4.78, 5) is 13.2. The number of aromatic nitrogens is 4. The predicted molar refractivity (Wildman–Crippen MR) is 114 cm³/mol. The lowest BCUT2D eigenvalue weighted by Gasteiger charge is -2.12. The fraction of sp³-hybridized carbons (Fsp3) is 0.316. The second-order valence-corrected chi connectivity index (χ2v) is 7.37. The van der Waals surface area contributed by atoms with Gasteiger partial charge in [0.1, 0.15) is 5.01 Å². The Labute approximate surface area is 167 Å². The number of hydrogen-bond acceptors (Lipinski definition) is 8. The molecule has 0 aromatic carbocycles. The van der Waals surface area contributed by atoms with E-state index in [0.717, 1.165) is 21.7 Å². The zero-order chi connectivity index (χ0) is 20.1. The molecule has 146 valence electrons. The summed E-state index contributed by atoms with van der Waals surface area (Å²) in [6, 6.07) is 5.61. The summed E-state index contributed by atoms with van der Waals surface area (Å²) in [6.07, 6.45) is 3.44. The molecule has 0 spiro atoms. The third-order valence-corrected chi connectivity index (χ3v) is 4.99. The van der Waals surface area contributed by atoms with Gasteiger partial charge in [0.15, 0.2) is 0 Å². The van der Waals surface area contributed by atoms with Crippen molar-refractivity contribution in [2.45, 2.75) is 19.8 Å². The molecule has 3 aromatic rings. The lowest BCUT2D eigenvalue weighted by atomic mass is 10.1. The van der Waals surface area contributed by atoms with Crippen molar-refractivity contribution in [3.8, 4) is 0 Å². The van der Waals surface area contributed by atoms with Crippen LogP contribution in [0.25, 0.3) is 21.9 Å². The highest BCUT2D eigenvalue weighted by atomic mass is 32.1. The molecule has 0 radical (unpaired) electrons. The van der Waals surface area contributed by atoms with Gasteiger partial charge < -0.3 is 20.8 Å². The number of aliphatic imine (C=N–C) groups is 1. The summed E-state index contributed by atoms with van der Waals surface area (Å²) in [5.74, 6) is 0.873. The average Bonchev–Trinajstić information content (AvgIpc) is 3.14. The van der Waals surface area contributed by atoms with Gasteiger partial charge in [-0.05, 0) is 18.2 Å². The molecule has 0 aliphatic carbocycles. The van der Waals surface area contributed by atoms with Crippen LogP contribution in [-0.2, 0) is 4.74 Å². The first-order valence-corrected chi connectivity index (χ1v) is 9.55. The number of nitrogens with two attached hydrogens (primary N) is 1. The number of nitrogens with zero attached hydrogens (tertiary/aromatic N) is 6. The minimum absolute atomic E-state index is 0.303. The lowest BCUT2D eigenvalue weighted by Crippen LogP contribution is -2.09.